The minimum atomic E-state index is -3.65. The fraction of sp³-hybridized carbons (Fsp3) is 0.357. The summed E-state index contributed by atoms with van der Waals surface area (Å²) in [6.45, 7) is 3.81. The van der Waals surface area contributed by atoms with E-state index in [4.69, 9.17) is 10.5 Å². The van der Waals surface area contributed by atoms with Crippen LogP contribution >= 0.6 is 0 Å². The number of nitrogens with zero attached hydrogens (tertiary/aromatic N) is 3. The molecule has 2 aromatic carbocycles. The first-order valence-electron chi connectivity index (χ1n) is 13.1. The first kappa shape index (κ1) is 24.7. The van der Waals surface area contributed by atoms with Crippen LogP contribution in [0.25, 0.3) is 22.2 Å². The summed E-state index contributed by atoms with van der Waals surface area (Å²) in [5, 5.41) is 0.951. The number of hydrogen-bond donors (Lipinski definition) is 3. The molecular weight excluding hydrogens is 500 g/mol. The third kappa shape index (κ3) is 4.93. The lowest BCUT2D eigenvalue weighted by Crippen LogP contribution is -2.38. The molecule has 2 saturated carbocycles. The second kappa shape index (κ2) is 9.59. The van der Waals surface area contributed by atoms with Gasteiger partial charge in [0.2, 0.25) is 0 Å². The molecule has 4 aromatic rings. The molecular formula is C28H32N6O3S. The number of fused-ring (bicyclic) bond motifs is 1. The zero-order chi connectivity index (χ0) is 26.4. The largest absolute Gasteiger partial charge is 0.424 e. The Morgan fingerprint density at radius 3 is 2.50 bits per heavy atom. The van der Waals surface area contributed by atoms with E-state index < -0.39 is 10.2 Å². The highest BCUT2D eigenvalue weighted by Crippen LogP contribution is 2.45. The van der Waals surface area contributed by atoms with Crippen molar-refractivity contribution in [3.8, 4) is 23.0 Å². The molecule has 6 rings (SSSR count). The molecule has 10 heteroatoms. The average Bonchev–Trinajstić information content (AvgIpc) is 3.65. The van der Waals surface area contributed by atoms with Crippen molar-refractivity contribution in [1.82, 2.24) is 19.3 Å². The topological polar surface area (TPSA) is 124 Å². The second-order valence-electron chi connectivity index (χ2n) is 10.4. The Kier molecular flexibility index (Phi) is 6.23. The number of nitrogens with one attached hydrogen (secondary N) is 2. The summed E-state index contributed by atoms with van der Waals surface area (Å²) in [6.07, 6.45) is 7.14. The van der Waals surface area contributed by atoms with Gasteiger partial charge in [0.05, 0.1) is 16.9 Å². The molecule has 2 fully saturated rings. The highest BCUT2D eigenvalue weighted by atomic mass is 32.2. The van der Waals surface area contributed by atoms with Crippen LogP contribution in [0.4, 0.5) is 11.4 Å². The Labute approximate surface area is 222 Å². The van der Waals surface area contributed by atoms with Gasteiger partial charge in [0.15, 0.2) is 0 Å². The van der Waals surface area contributed by atoms with Gasteiger partial charge in [0, 0.05) is 46.7 Å². The molecule has 198 valence electrons. The normalized spacial score (nSPS) is 16.8. The summed E-state index contributed by atoms with van der Waals surface area (Å²) in [5.74, 6) is 1.08. The van der Waals surface area contributed by atoms with Crippen molar-refractivity contribution in [1.29, 1.82) is 0 Å². The predicted molar refractivity (Wildman–Crippen MR) is 149 cm³/mol. The van der Waals surface area contributed by atoms with E-state index in [9.17, 15) is 8.42 Å². The monoisotopic (exact) mass is 532 g/mol. The third-order valence-electron chi connectivity index (χ3n) is 7.52. The van der Waals surface area contributed by atoms with E-state index in [1.807, 2.05) is 50.2 Å². The number of ether oxygens (including phenoxy) is 1. The number of anilines is 2. The lowest BCUT2D eigenvalue weighted by atomic mass is 9.92. The van der Waals surface area contributed by atoms with Crippen molar-refractivity contribution in [2.75, 3.05) is 10.5 Å². The highest BCUT2D eigenvalue weighted by molar-refractivity contribution is 7.90. The summed E-state index contributed by atoms with van der Waals surface area (Å²) in [5.41, 5.74) is 11.6. The molecule has 38 heavy (non-hydrogen) atoms. The number of nitrogens with two attached hydrogens (primary N) is 1. The summed E-state index contributed by atoms with van der Waals surface area (Å²) in [6, 6.07) is 15.6. The smallest absolute Gasteiger partial charge is 0.322 e. The van der Waals surface area contributed by atoms with E-state index in [1.54, 1.807) is 18.3 Å². The SMILES string of the molecule is Cc1ccnc(Oc2ccc3c(N)c(-c4ccc(NS(=O)(=O)N[C@@H](C)C5CC5)cc4)n(C4CCC4)c3c2)n1. The Balaban J connectivity index is 1.32. The Morgan fingerprint density at radius 1 is 1.08 bits per heavy atom. The third-order valence-corrected chi connectivity index (χ3v) is 8.70. The summed E-state index contributed by atoms with van der Waals surface area (Å²) in [4.78, 5) is 8.56. The molecule has 0 aliphatic heterocycles. The minimum absolute atomic E-state index is 0.0731. The fourth-order valence-electron chi connectivity index (χ4n) is 5.10. The van der Waals surface area contributed by atoms with Crippen molar-refractivity contribution in [2.45, 2.75) is 58.0 Å². The maximum atomic E-state index is 12.6. The first-order chi connectivity index (χ1) is 18.3. The van der Waals surface area contributed by atoms with Gasteiger partial charge in [-0.05, 0) is 82.2 Å². The molecule has 0 unspecified atom stereocenters. The Morgan fingerprint density at radius 2 is 1.84 bits per heavy atom. The number of nitrogen functional groups attached to an aromatic ring is 1. The van der Waals surface area contributed by atoms with Gasteiger partial charge in [-0.15, -0.1) is 0 Å². The van der Waals surface area contributed by atoms with E-state index >= 15 is 0 Å². The minimum Gasteiger partial charge on any atom is -0.424 e. The molecule has 2 aliphatic rings. The van der Waals surface area contributed by atoms with Crippen LogP contribution in [0.3, 0.4) is 0 Å². The molecule has 2 aliphatic carbocycles. The van der Waals surface area contributed by atoms with Crippen molar-refractivity contribution in [3.63, 3.8) is 0 Å². The van der Waals surface area contributed by atoms with Gasteiger partial charge >= 0.3 is 6.01 Å². The number of rotatable bonds is 9. The van der Waals surface area contributed by atoms with Crippen molar-refractivity contribution in [3.05, 3.63) is 60.4 Å². The molecule has 0 amide bonds. The van der Waals surface area contributed by atoms with Crippen LogP contribution in [-0.2, 0) is 10.2 Å². The van der Waals surface area contributed by atoms with Gasteiger partial charge in [-0.1, -0.05) is 12.1 Å². The van der Waals surface area contributed by atoms with Crippen LogP contribution in [0.1, 0.15) is 50.8 Å². The molecule has 2 heterocycles. The molecule has 0 bridgehead atoms. The van der Waals surface area contributed by atoms with Crippen LogP contribution in [0.2, 0.25) is 0 Å². The number of aryl methyl sites for hydroxylation is 1. The van der Waals surface area contributed by atoms with E-state index in [2.05, 4.69) is 24.0 Å². The van der Waals surface area contributed by atoms with Crippen LogP contribution < -0.4 is 19.9 Å². The van der Waals surface area contributed by atoms with Crippen LogP contribution in [-0.4, -0.2) is 29.0 Å². The van der Waals surface area contributed by atoms with Crippen molar-refractivity contribution in [2.24, 2.45) is 5.92 Å². The van der Waals surface area contributed by atoms with Gasteiger partial charge in [-0.25, -0.2) is 9.97 Å². The molecule has 9 nitrogen and oxygen atoms in total. The zero-order valence-corrected chi connectivity index (χ0v) is 22.3. The van der Waals surface area contributed by atoms with Gasteiger partial charge in [-0.3, -0.25) is 4.72 Å². The highest BCUT2D eigenvalue weighted by Gasteiger charge is 2.31. The van der Waals surface area contributed by atoms with E-state index in [0.29, 0.717) is 35.1 Å². The number of aromatic nitrogens is 3. The standard InChI is InChI=1S/C28H32N6O3S/c1-17-14-15-30-28(31-17)37-23-12-13-24-25(16-23)34(22-4-3-5-22)27(26(24)29)20-8-10-21(11-9-20)33-38(35,36)32-18(2)19-6-7-19/h8-16,18-19,22,32-33H,3-7,29H2,1-2H3/t18-/m0/s1. The van der Waals surface area contributed by atoms with Gasteiger partial charge < -0.3 is 15.0 Å². The van der Waals surface area contributed by atoms with Crippen LogP contribution in [0, 0.1) is 12.8 Å². The molecule has 0 radical (unpaired) electrons. The van der Waals surface area contributed by atoms with Crippen molar-refractivity contribution < 1.29 is 13.2 Å². The maximum absolute atomic E-state index is 12.6. The van der Waals surface area contributed by atoms with Gasteiger partial charge in [0.25, 0.3) is 10.2 Å². The Bertz CT molecular complexity index is 1590. The van der Waals surface area contributed by atoms with Gasteiger partial charge in [0.1, 0.15) is 5.75 Å². The summed E-state index contributed by atoms with van der Waals surface area (Å²) < 4.78 is 38.8. The second-order valence-corrected chi connectivity index (χ2v) is 11.9. The number of benzene rings is 2. The molecule has 0 spiro atoms. The molecule has 1 atom stereocenters. The lowest BCUT2D eigenvalue weighted by Gasteiger charge is -2.30. The maximum Gasteiger partial charge on any atom is 0.322 e. The molecule has 2 aromatic heterocycles. The van der Waals surface area contributed by atoms with Crippen LogP contribution in [0.5, 0.6) is 11.8 Å². The van der Waals surface area contributed by atoms with E-state index in [1.165, 1.54) is 6.42 Å². The zero-order valence-electron chi connectivity index (χ0n) is 21.5. The average molecular weight is 533 g/mol. The lowest BCUT2D eigenvalue weighted by molar-refractivity contribution is 0.324. The van der Waals surface area contributed by atoms with Crippen molar-refractivity contribution >= 4 is 32.5 Å². The van der Waals surface area contributed by atoms with E-state index in [-0.39, 0.29) is 6.04 Å². The quantitative estimate of drug-likeness (QED) is 0.260. The number of hydrogen-bond acceptors (Lipinski definition) is 6. The van der Waals surface area contributed by atoms with Crippen LogP contribution in [0.15, 0.2) is 54.7 Å². The van der Waals surface area contributed by atoms with E-state index in [0.717, 1.165) is 53.5 Å². The predicted octanol–water partition coefficient (Wildman–Crippen LogP) is 5.55. The summed E-state index contributed by atoms with van der Waals surface area (Å²) >= 11 is 0. The summed E-state index contributed by atoms with van der Waals surface area (Å²) in [7, 11) is -3.65. The molecule has 4 N–H and O–H groups in total. The first-order valence-corrected chi connectivity index (χ1v) is 14.6. The van der Waals surface area contributed by atoms with Gasteiger partial charge in [-0.2, -0.15) is 13.1 Å². The Hall–Kier alpha value is -3.63. The molecule has 0 saturated heterocycles. The fourth-order valence-corrected chi connectivity index (χ4v) is 6.28.